The minimum atomic E-state index is -0.802. The van der Waals surface area contributed by atoms with Gasteiger partial charge in [-0.2, -0.15) is 0 Å². The molecule has 0 heterocycles. The number of nitrogens with two attached hydrogens (primary N) is 1. The van der Waals surface area contributed by atoms with E-state index in [1.807, 2.05) is 24.3 Å². The van der Waals surface area contributed by atoms with Crippen molar-refractivity contribution in [3.63, 3.8) is 0 Å². The Morgan fingerprint density at radius 2 is 2.00 bits per heavy atom. The number of aryl methyl sites for hydroxylation is 1. The Hall–Kier alpha value is -2.80. The van der Waals surface area contributed by atoms with E-state index in [1.54, 1.807) is 6.92 Å². The molecule has 0 saturated heterocycles. The molecular formula is C17H18ClN3O4. The summed E-state index contributed by atoms with van der Waals surface area (Å²) in [5, 5.41) is 22.8. The number of nitro groups is 1. The van der Waals surface area contributed by atoms with Crippen LogP contribution in [0.25, 0.3) is 0 Å². The molecule has 0 aromatic heterocycles. The second-order valence-electron chi connectivity index (χ2n) is 5.75. The zero-order chi connectivity index (χ0) is 18.6. The summed E-state index contributed by atoms with van der Waals surface area (Å²) >= 11 is 5.90. The molecule has 2 aromatic carbocycles. The Labute approximate surface area is 149 Å². The van der Waals surface area contributed by atoms with Crippen molar-refractivity contribution in [1.82, 2.24) is 0 Å². The molecule has 0 amide bonds. The summed E-state index contributed by atoms with van der Waals surface area (Å²) in [4.78, 5) is 21.1. The first-order valence-electron chi connectivity index (χ1n) is 7.60. The average Bonchev–Trinajstić information content (AvgIpc) is 2.56. The van der Waals surface area contributed by atoms with E-state index in [4.69, 9.17) is 22.4 Å². The molecule has 4 N–H and O–H groups in total. The lowest BCUT2D eigenvalue weighted by Gasteiger charge is -2.11. The van der Waals surface area contributed by atoms with E-state index in [0.29, 0.717) is 18.5 Å². The zero-order valence-corrected chi connectivity index (χ0v) is 14.3. The highest BCUT2D eigenvalue weighted by atomic mass is 35.5. The number of benzene rings is 2. The van der Waals surface area contributed by atoms with E-state index in [2.05, 4.69) is 5.32 Å². The first kappa shape index (κ1) is 18.5. The Kier molecular flexibility index (Phi) is 5.82. The highest BCUT2D eigenvalue weighted by Gasteiger charge is 2.15. The standard InChI is InChI=1S/C17H18ClN3O4/c1-10(17(22)23)2-3-11-4-6-12(7-5-11)20-15-8-13(18)16(21(24)25)9-14(15)19/h4-10,20H,2-3,19H2,1H3,(H,22,23). The number of hydrogen-bond donors (Lipinski definition) is 3. The normalized spacial score (nSPS) is 11.8. The van der Waals surface area contributed by atoms with E-state index >= 15 is 0 Å². The fourth-order valence-corrected chi connectivity index (χ4v) is 2.48. The number of anilines is 3. The largest absolute Gasteiger partial charge is 0.481 e. The third-order valence-electron chi connectivity index (χ3n) is 3.84. The van der Waals surface area contributed by atoms with Gasteiger partial charge in [0.1, 0.15) is 5.02 Å². The molecule has 0 spiro atoms. The van der Waals surface area contributed by atoms with Gasteiger partial charge >= 0.3 is 5.97 Å². The Morgan fingerprint density at radius 1 is 1.36 bits per heavy atom. The summed E-state index contributed by atoms with van der Waals surface area (Å²) in [7, 11) is 0. The van der Waals surface area contributed by atoms with Crippen LogP contribution in [0.2, 0.25) is 5.02 Å². The Morgan fingerprint density at radius 3 is 2.56 bits per heavy atom. The van der Waals surface area contributed by atoms with Crippen molar-refractivity contribution in [1.29, 1.82) is 0 Å². The van der Waals surface area contributed by atoms with Crippen LogP contribution in [-0.4, -0.2) is 16.0 Å². The van der Waals surface area contributed by atoms with Gasteiger partial charge in [0, 0.05) is 11.8 Å². The Balaban J connectivity index is 2.07. The van der Waals surface area contributed by atoms with Gasteiger partial charge in [-0.3, -0.25) is 14.9 Å². The molecule has 7 nitrogen and oxygen atoms in total. The number of nitro benzene ring substituents is 1. The van der Waals surface area contributed by atoms with Crippen LogP contribution in [0.1, 0.15) is 18.9 Å². The maximum absolute atomic E-state index is 10.8. The van der Waals surface area contributed by atoms with Gasteiger partial charge in [-0.15, -0.1) is 0 Å². The molecule has 0 saturated carbocycles. The van der Waals surface area contributed by atoms with E-state index in [9.17, 15) is 14.9 Å². The van der Waals surface area contributed by atoms with Crippen molar-refractivity contribution in [3.05, 3.63) is 57.1 Å². The van der Waals surface area contributed by atoms with Crippen molar-refractivity contribution in [2.24, 2.45) is 5.92 Å². The quantitative estimate of drug-likeness (QED) is 0.385. The molecule has 0 bridgehead atoms. The van der Waals surface area contributed by atoms with Gasteiger partial charge in [0.15, 0.2) is 0 Å². The molecule has 25 heavy (non-hydrogen) atoms. The van der Waals surface area contributed by atoms with E-state index in [0.717, 1.165) is 11.3 Å². The van der Waals surface area contributed by atoms with Crippen LogP contribution in [0.3, 0.4) is 0 Å². The fraction of sp³-hybridized carbons (Fsp3) is 0.235. The van der Waals surface area contributed by atoms with Crippen molar-refractivity contribution in [3.8, 4) is 0 Å². The number of nitrogens with zero attached hydrogens (tertiary/aromatic N) is 1. The van der Waals surface area contributed by atoms with Gasteiger partial charge < -0.3 is 16.2 Å². The van der Waals surface area contributed by atoms with Crippen molar-refractivity contribution in [2.75, 3.05) is 11.1 Å². The van der Waals surface area contributed by atoms with Gasteiger partial charge in [0.2, 0.25) is 0 Å². The second kappa shape index (κ2) is 7.85. The molecule has 0 fully saturated rings. The van der Waals surface area contributed by atoms with Gasteiger partial charge in [-0.1, -0.05) is 30.7 Å². The highest BCUT2D eigenvalue weighted by molar-refractivity contribution is 6.33. The molecule has 0 aliphatic rings. The van der Waals surface area contributed by atoms with Crippen LogP contribution in [0.15, 0.2) is 36.4 Å². The van der Waals surface area contributed by atoms with Crippen molar-refractivity contribution >= 4 is 40.3 Å². The number of carboxylic acid groups (broad SMARTS) is 1. The lowest BCUT2D eigenvalue weighted by atomic mass is 10.0. The number of aliphatic carboxylic acids is 1. The van der Waals surface area contributed by atoms with Crippen LogP contribution in [-0.2, 0) is 11.2 Å². The topological polar surface area (TPSA) is 118 Å². The number of nitrogens with one attached hydrogen (secondary N) is 1. The van der Waals surface area contributed by atoms with Crippen molar-refractivity contribution < 1.29 is 14.8 Å². The van der Waals surface area contributed by atoms with E-state index < -0.39 is 10.9 Å². The van der Waals surface area contributed by atoms with Gasteiger partial charge in [0.05, 0.1) is 22.2 Å². The van der Waals surface area contributed by atoms with Gasteiger partial charge in [0.25, 0.3) is 5.69 Å². The van der Waals surface area contributed by atoms with Crippen molar-refractivity contribution in [2.45, 2.75) is 19.8 Å². The number of halogens is 1. The van der Waals surface area contributed by atoms with Gasteiger partial charge in [-0.25, -0.2) is 0 Å². The second-order valence-corrected chi connectivity index (χ2v) is 6.16. The molecular weight excluding hydrogens is 346 g/mol. The summed E-state index contributed by atoms with van der Waals surface area (Å²) < 4.78 is 0. The molecule has 0 aliphatic heterocycles. The summed E-state index contributed by atoms with van der Waals surface area (Å²) in [6, 6.07) is 10.1. The maximum atomic E-state index is 10.8. The lowest BCUT2D eigenvalue weighted by molar-refractivity contribution is -0.384. The summed E-state index contributed by atoms with van der Waals surface area (Å²) in [6.07, 6.45) is 1.23. The third-order valence-corrected chi connectivity index (χ3v) is 4.14. The molecule has 1 atom stereocenters. The number of rotatable bonds is 7. The molecule has 1 unspecified atom stereocenters. The van der Waals surface area contributed by atoms with Crippen LogP contribution in [0, 0.1) is 16.0 Å². The predicted octanol–water partition coefficient (Wildman–Crippen LogP) is 4.23. The van der Waals surface area contributed by atoms with E-state index in [-0.39, 0.29) is 22.3 Å². The predicted molar refractivity (Wildman–Crippen MR) is 97.4 cm³/mol. The van der Waals surface area contributed by atoms with Crippen LogP contribution in [0.4, 0.5) is 22.7 Å². The summed E-state index contributed by atoms with van der Waals surface area (Å²) in [5.74, 6) is -1.19. The Bertz CT molecular complexity index is 793. The SMILES string of the molecule is CC(CCc1ccc(Nc2cc(Cl)c([N+](=O)[O-])cc2N)cc1)C(=O)O. The summed E-state index contributed by atoms with van der Waals surface area (Å²) in [6.45, 7) is 1.68. The molecule has 2 rings (SSSR count). The summed E-state index contributed by atoms with van der Waals surface area (Å²) in [5.41, 5.74) is 8.05. The van der Waals surface area contributed by atoms with Crippen LogP contribution >= 0.6 is 11.6 Å². The average molecular weight is 364 g/mol. The zero-order valence-electron chi connectivity index (χ0n) is 13.5. The van der Waals surface area contributed by atoms with Crippen LogP contribution in [0.5, 0.6) is 0 Å². The first-order chi connectivity index (χ1) is 11.8. The number of nitrogen functional groups attached to an aromatic ring is 1. The molecule has 2 aromatic rings. The molecule has 0 radical (unpaired) electrons. The van der Waals surface area contributed by atoms with Crippen LogP contribution < -0.4 is 11.1 Å². The first-order valence-corrected chi connectivity index (χ1v) is 7.98. The smallest absolute Gasteiger partial charge is 0.306 e. The van der Waals surface area contributed by atoms with E-state index in [1.165, 1.54) is 12.1 Å². The minimum absolute atomic E-state index is 0.000906. The highest BCUT2D eigenvalue weighted by Crippen LogP contribution is 2.34. The number of hydrogen-bond acceptors (Lipinski definition) is 5. The fourth-order valence-electron chi connectivity index (χ4n) is 2.24. The number of carboxylic acids is 1. The number of carbonyl (C=O) groups is 1. The minimum Gasteiger partial charge on any atom is -0.481 e. The molecule has 0 aliphatic carbocycles. The van der Waals surface area contributed by atoms with Gasteiger partial charge in [-0.05, 0) is 36.6 Å². The molecule has 132 valence electrons. The maximum Gasteiger partial charge on any atom is 0.306 e. The lowest BCUT2D eigenvalue weighted by Crippen LogP contribution is -2.10. The third kappa shape index (κ3) is 4.84. The monoisotopic (exact) mass is 363 g/mol. The molecule has 8 heteroatoms.